The lowest BCUT2D eigenvalue weighted by atomic mass is 10.1. The molecule has 0 amide bonds. The van der Waals surface area contributed by atoms with Crippen molar-refractivity contribution in [3.05, 3.63) is 28.8 Å². The number of carbonyl (C=O) groups excluding carboxylic acids is 1. The molecule has 0 bridgehead atoms. The van der Waals surface area contributed by atoms with E-state index in [-0.39, 0.29) is 0 Å². The first-order chi connectivity index (χ1) is 6.52. The van der Waals surface area contributed by atoms with Crippen LogP contribution in [0.2, 0.25) is 0 Å². The number of nitrogens with zero attached hydrogens (tertiary/aromatic N) is 1. The maximum absolute atomic E-state index is 9.28. The second-order valence-electron chi connectivity index (χ2n) is 3.04. The molecule has 0 unspecified atom stereocenters. The number of aromatic hydroxyl groups is 1. The van der Waals surface area contributed by atoms with Gasteiger partial charge in [0.1, 0.15) is 5.75 Å². The van der Waals surface area contributed by atoms with Gasteiger partial charge >= 0.3 is 0 Å². The van der Waals surface area contributed by atoms with E-state index in [9.17, 15) is 5.11 Å². The van der Waals surface area contributed by atoms with Crippen molar-refractivity contribution in [1.82, 2.24) is 0 Å². The molecular weight excluding hydrogens is 178 g/mol. The van der Waals surface area contributed by atoms with Crippen molar-refractivity contribution in [2.45, 2.75) is 20.8 Å². The van der Waals surface area contributed by atoms with E-state index in [4.69, 9.17) is 4.79 Å². The largest absolute Gasteiger partial charge is 0.508 e. The first-order valence-corrected chi connectivity index (χ1v) is 4.25. The van der Waals surface area contributed by atoms with Crippen LogP contribution in [-0.4, -0.2) is 18.2 Å². The van der Waals surface area contributed by atoms with Crippen LogP contribution >= 0.6 is 0 Å². The molecule has 1 aromatic carbocycles. The summed E-state index contributed by atoms with van der Waals surface area (Å²) >= 11 is 0. The first kappa shape index (κ1) is 12.4. The Morgan fingerprint density at radius 1 is 1.29 bits per heavy atom. The van der Waals surface area contributed by atoms with Crippen molar-refractivity contribution in [2.24, 2.45) is 4.99 Å². The Bertz CT molecular complexity index is 329. The van der Waals surface area contributed by atoms with E-state index < -0.39 is 0 Å². The van der Waals surface area contributed by atoms with Gasteiger partial charge in [-0.3, -0.25) is 0 Å². The normalized spacial score (nSPS) is 8.29. The molecule has 1 rings (SSSR count). The summed E-state index contributed by atoms with van der Waals surface area (Å²) < 4.78 is 0. The Morgan fingerprint density at radius 3 is 2.14 bits per heavy atom. The summed E-state index contributed by atoms with van der Waals surface area (Å²) in [5.41, 5.74) is 3.24. The highest BCUT2D eigenvalue weighted by molar-refractivity contribution is 5.40. The summed E-state index contributed by atoms with van der Waals surface area (Å²) in [4.78, 5) is 11.8. The van der Waals surface area contributed by atoms with Gasteiger partial charge in [0, 0.05) is 7.05 Å². The number of benzene rings is 1. The quantitative estimate of drug-likeness (QED) is 0.507. The predicted molar refractivity (Wildman–Crippen MR) is 56.4 cm³/mol. The standard InChI is InChI=1S/C9H12O.C2H3NO/c1-6-4-7(2)8(3)9(10)5-6;1-3-2-4/h4-5,10H,1-3H3;1H3. The summed E-state index contributed by atoms with van der Waals surface area (Å²) in [6.07, 6.45) is 1.31. The Kier molecular flexibility index (Phi) is 5.27. The zero-order chi connectivity index (χ0) is 11.1. The van der Waals surface area contributed by atoms with Gasteiger partial charge in [0.25, 0.3) is 0 Å². The van der Waals surface area contributed by atoms with Crippen molar-refractivity contribution < 1.29 is 9.90 Å². The topological polar surface area (TPSA) is 49.7 Å². The fraction of sp³-hybridized carbons (Fsp3) is 0.364. The Balaban J connectivity index is 0.000000364. The number of hydrogen-bond acceptors (Lipinski definition) is 3. The summed E-state index contributed by atoms with van der Waals surface area (Å²) in [6, 6.07) is 3.84. The monoisotopic (exact) mass is 193 g/mol. The number of isocyanates is 1. The first-order valence-electron chi connectivity index (χ1n) is 4.25. The smallest absolute Gasteiger partial charge is 0.234 e. The Morgan fingerprint density at radius 2 is 1.79 bits per heavy atom. The lowest BCUT2D eigenvalue weighted by Crippen LogP contribution is -1.82. The maximum atomic E-state index is 9.28. The lowest BCUT2D eigenvalue weighted by molar-refractivity contribution is 0.470. The molecule has 0 aliphatic heterocycles. The third kappa shape index (κ3) is 3.87. The molecular formula is C11H15NO2. The number of phenolic OH excluding ortho intramolecular Hbond substituents is 1. The van der Waals surface area contributed by atoms with Gasteiger partial charge in [0.05, 0.1) is 0 Å². The fourth-order valence-electron chi connectivity index (χ4n) is 1.02. The van der Waals surface area contributed by atoms with Crippen molar-refractivity contribution in [3.63, 3.8) is 0 Å². The van der Waals surface area contributed by atoms with E-state index in [0.717, 1.165) is 16.7 Å². The summed E-state index contributed by atoms with van der Waals surface area (Å²) in [5.74, 6) is 0.400. The Labute approximate surface area is 84.1 Å². The SMILES string of the molecule is CN=C=O.Cc1cc(C)c(C)c(O)c1. The van der Waals surface area contributed by atoms with Crippen LogP contribution in [0.15, 0.2) is 17.1 Å². The maximum Gasteiger partial charge on any atom is 0.234 e. The zero-order valence-electron chi connectivity index (χ0n) is 8.96. The minimum atomic E-state index is 0.400. The number of aryl methyl sites for hydroxylation is 2. The number of rotatable bonds is 0. The number of phenols is 1. The van der Waals surface area contributed by atoms with Crippen LogP contribution in [0.25, 0.3) is 0 Å². The van der Waals surface area contributed by atoms with Gasteiger partial charge in [0.2, 0.25) is 6.08 Å². The van der Waals surface area contributed by atoms with Crippen LogP contribution < -0.4 is 0 Å². The highest BCUT2D eigenvalue weighted by Gasteiger charge is 1.98. The number of aliphatic imine (C=N–C) groups is 1. The lowest BCUT2D eigenvalue weighted by Gasteiger charge is -2.03. The van der Waals surface area contributed by atoms with Gasteiger partial charge in [-0.15, -0.1) is 0 Å². The molecule has 1 N–H and O–H groups in total. The van der Waals surface area contributed by atoms with Crippen molar-refractivity contribution in [2.75, 3.05) is 7.05 Å². The van der Waals surface area contributed by atoms with Gasteiger partial charge < -0.3 is 5.11 Å². The van der Waals surface area contributed by atoms with E-state index in [1.807, 2.05) is 20.8 Å². The third-order valence-electron chi connectivity index (χ3n) is 1.88. The molecule has 0 fully saturated rings. The van der Waals surface area contributed by atoms with Crippen LogP contribution in [0.5, 0.6) is 5.75 Å². The molecule has 3 heteroatoms. The average Bonchev–Trinajstić information content (AvgIpc) is 2.14. The van der Waals surface area contributed by atoms with Crippen LogP contribution in [0.3, 0.4) is 0 Å². The highest BCUT2D eigenvalue weighted by atomic mass is 16.3. The van der Waals surface area contributed by atoms with E-state index >= 15 is 0 Å². The molecule has 0 radical (unpaired) electrons. The van der Waals surface area contributed by atoms with Crippen molar-refractivity contribution >= 4 is 6.08 Å². The van der Waals surface area contributed by atoms with Gasteiger partial charge in [-0.05, 0) is 43.5 Å². The Hall–Kier alpha value is -1.60. The van der Waals surface area contributed by atoms with Gasteiger partial charge in [-0.2, -0.15) is 0 Å². The van der Waals surface area contributed by atoms with Crippen LogP contribution in [0.1, 0.15) is 16.7 Å². The fourth-order valence-corrected chi connectivity index (χ4v) is 1.02. The molecule has 0 saturated heterocycles. The van der Waals surface area contributed by atoms with Crippen LogP contribution in [0.4, 0.5) is 0 Å². The molecule has 76 valence electrons. The second-order valence-corrected chi connectivity index (χ2v) is 3.04. The summed E-state index contributed by atoms with van der Waals surface area (Å²) in [7, 11) is 1.38. The molecule has 0 aliphatic carbocycles. The molecule has 0 saturated carbocycles. The minimum Gasteiger partial charge on any atom is -0.508 e. The number of hydrogen-bond donors (Lipinski definition) is 1. The van der Waals surface area contributed by atoms with E-state index in [1.165, 1.54) is 13.1 Å². The van der Waals surface area contributed by atoms with E-state index in [0.29, 0.717) is 5.75 Å². The van der Waals surface area contributed by atoms with Crippen molar-refractivity contribution in [3.8, 4) is 5.75 Å². The van der Waals surface area contributed by atoms with Gasteiger partial charge in [-0.25, -0.2) is 9.79 Å². The minimum absolute atomic E-state index is 0.400. The van der Waals surface area contributed by atoms with Crippen LogP contribution in [0, 0.1) is 20.8 Å². The van der Waals surface area contributed by atoms with Crippen molar-refractivity contribution in [1.29, 1.82) is 0 Å². The summed E-state index contributed by atoms with van der Waals surface area (Å²) in [6.45, 7) is 5.90. The molecule has 0 aromatic heterocycles. The molecule has 3 nitrogen and oxygen atoms in total. The highest BCUT2D eigenvalue weighted by Crippen LogP contribution is 2.20. The van der Waals surface area contributed by atoms with Gasteiger partial charge in [-0.1, -0.05) is 6.07 Å². The van der Waals surface area contributed by atoms with Crippen LogP contribution in [-0.2, 0) is 4.79 Å². The van der Waals surface area contributed by atoms with Gasteiger partial charge in [0.15, 0.2) is 0 Å². The molecule has 0 aliphatic rings. The predicted octanol–water partition coefficient (Wildman–Crippen LogP) is 2.27. The second kappa shape index (κ2) is 5.95. The molecule has 0 heterocycles. The zero-order valence-corrected chi connectivity index (χ0v) is 8.96. The third-order valence-corrected chi connectivity index (χ3v) is 1.88. The average molecular weight is 193 g/mol. The molecule has 1 aromatic rings. The van der Waals surface area contributed by atoms with E-state index in [2.05, 4.69) is 11.1 Å². The summed E-state index contributed by atoms with van der Waals surface area (Å²) in [5, 5.41) is 9.28. The molecule has 14 heavy (non-hydrogen) atoms. The molecule has 0 atom stereocenters. The van der Waals surface area contributed by atoms with E-state index in [1.54, 1.807) is 6.07 Å². The molecule has 0 spiro atoms.